The van der Waals surface area contributed by atoms with Crippen LogP contribution in [-0.4, -0.2) is 51.6 Å². The van der Waals surface area contributed by atoms with E-state index in [1.807, 2.05) is 52.0 Å². The van der Waals surface area contributed by atoms with Gasteiger partial charge in [0.1, 0.15) is 23.4 Å². The van der Waals surface area contributed by atoms with Gasteiger partial charge in [0.2, 0.25) is 11.8 Å². The molecule has 3 N–H and O–H groups in total. The number of hydrogen-bond donors (Lipinski definition) is 3. The second-order valence-electron chi connectivity index (χ2n) is 12.7. The Morgan fingerprint density at radius 1 is 0.951 bits per heavy atom. The first-order valence-corrected chi connectivity index (χ1v) is 14.6. The lowest BCUT2D eigenvalue weighted by atomic mass is 9.97. The third-order valence-electron chi connectivity index (χ3n) is 6.32. The number of nitrogens with one attached hydrogen (secondary N) is 2. The van der Waals surface area contributed by atoms with E-state index in [-0.39, 0.29) is 24.0 Å². The van der Waals surface area contributed by atoms with E-state index < -0.39 is 29.3 Å². The molecule has 0 saturated heterocycles. The van der Waals surface area contributed by atoms with Gasteiger partial charge in [-0.1, -0.05) is 68.1 Å². The number of aryl methyl sites for hydroxylation is 1. The Bertz CT molecular complexity index is 1150. The molecule has 0 aliphatic heterocycles. The lowest BCUT2D eigenvalue weighted by Crippen LogP contribution is -2.55. The first kappa shape index (κ1) is 33.7. The van der Waals surface area contributed by atoms with Crippen LogP contribution in [0.4, 0.5) is 4.79 Å². The summed E-state index contributed by atoms with van der Waals surface area (Å²) in [6, 6.07) is 12.2. The molecule has 0 aliphatic rings. The van der Waals surface area contributed by atoms with Crippen LogP contribution in [0.25, 0.3) is 0 Å². The summed E-state index contributed by atoms with van der Waals surface area (Å²) in [7, 11) is 0. The second-order valence-corrected chi connectivity index (χ2v) is 12.7. The van der Waals surface area contributed by atoms with Crippen molar-refractivity contribution in [2.75, 3.05) is 6.54 Å². The summed E-state index contributed by atoms with van der Waals surface area (Å²) in [5, 5.41) is 15.6. The van der Waals surface area contributed by atoms with E-state index in [4.69, 9.17) is 4.74 Å². The van der Waals surface area contributed by atoms with Crippen LogP contribution in [0, 0.1) is 6.92 Å². The minimum atomic E-state index is -1.00. The smallest absolute Gasteiger partial charge is 0.408 e. The van der Waals surface area contributed by atoms with Crippen LogP contribution in [0.5, 0.6) is 5.75 Å². The SMILES string of the molecule is CCCCCCN(C(=O)C(Cc1ccc(O)cc1)NC(=O)OC(C)(C)C)C(C(=O)NC(C)(C)C)c1cccc(C)c1. The number of phenolic OH excluding ortho intramolecular Hbond substituents is 1. The molecule has 0 spiro atoms. The van der Waals surface area contributed by atoms with Crippen LogP contribution in [0.2, 0.25) is 0 Å². The van der Waals surface area contributed by atoms with Crippen molar-refractivity contribution in [1.29, 1.82) is 0 Å². The Kier molecular flexibility index (Phi) is 12.2. The van der Waals surface area contributed by atoms with Gasteiger partial charge < -0.3 is 25.4 Å². The zero-order valence-corrected chi connectivity index (χ0v) is 26.0. The molecule has 0 radical (unpaired) electrons. The highest BCUT2D eigenvalue weighted by Gasteiger charge is 2.37. The molecule has 3 amide bonds. The highest BCUT2D eigenvalue weighted by Crippen LogP contribution is 2.26. The molecule has 0 heterocycles. The Balaban J connectivity index is 2.58. The summed E-state index contributed by atoms with van der Waals surface area (Å²) in [6.45, 7) is 15.4. The van der Waals surface area contributed by atoms with Crippen molar-refractivity contribution >= 4 is 17.9 Å². The van der Waals surface area contributed by atoms with Gasteiger partial charge >= 0.3 is 6.09 Å². The van der Waals surface area contributed by atoms with E-state index >= 15 is 0 Å². The summed E-state index contributed by atoms with van der Waals surface area (Å²) in [6.07, 6.45) is 3.10. The van der Waals surface area contributed by atoms with Crippen molar-refractivity contribution in [3.63, 3.8) is 0 Å². The first-order valence-electron chi connectivity index (χ1n) is 14.6. The monoisotopic (exact) mass is 567 g/mol. The van der Waals surface area contributed by atoms with Gasteiger partial charge in [0.05, 0.1) is 0 Å². The number of ether oxygens (including phenoxy) is 1. The number of phenols is 1. The number of rotatable bonds is 12. The number of nitrogens with zero attached hydrogens (tertiary/aromatic N) is 1. The van der Waals surface area contributed by atoms with Crippen molar-refractivity contribution in [3.8, 4) is 5.75 Å². The average Bonchev–Trinajstić information content (AvgIpc) is 2.84. The molecule has 8 nitrogen and oxygen atoms in total. The van der Waals surface area contributed by atoms with Gasteiger partial charge in [0.15, 0.2) is 0 Å². The number of amides is 3. The fraction of sp³-hybridized carbons (Fsp3) is 0.545. The van der Waals surface area contributed by atoms with Gasteiger partial charge in [-0.25, -0.2) is 4.79 Å². The molecule has 2 aromatic carbocycles. The van der Waals surface area contributed by atoms with E-state index in [9.17, 15) is 19.5 Å². The fourth-order valence-corrected chi connectivity index (χ4v) is 4.54. The standard InChI is InChI=1S/C33H49N3O5/c1-9-10-11-12-20-36(28(29(38)35-32(3,4)5)25-15-13-14-23(2)21-25)30(39)27(34-31(40)41-33(6,7)8)22-24-16-18-26(37)19-17-24/h13-19,21,27-28,37H,9-12,20,22H2,1-8H3,(H,34,40)(H,35,38). The van der Waals surface area contributed by atoms with E-state index in [0.29, 0.717) is 18.5 Å². The third kappa shape index (κ3) is 11.8. The summed E-state index contributed by atoms with van der Waals surface area (Å²) < 4.78 is 5.50. The molecule has 2 aromatic rings. The second kappa shape index (κ2) is 14.9. The lowest BCUT2D eigenvalue weighted by molar-refractivity contribution is -0.143. The van der Waals surface area contributed by atoms with Crippen LogP contribution in [0.15, 0.2) is 48.5 Å². The molecular weight excluding hydrogens is 518 g/mol. The normalized spacial score (nSPS) is 13.2. The van der Waals surface area contributed by atoms with Gasteiger partial charge in [-0.3, -0.25) is 9.59 Å². The maximum atomic E-state index is 14.5. The van der Waals surface area contributed by atoms with Gasteiger partial charge in [-0.2, -0.15) is 0 Å². The molecule has 2 atom stereocenters. The molecule has 8 heteroatoms. The zero-order valence-electron chi connectivity index (χ0n) is 26.0. The number of benzene rings is 2. The lowest BCUT2D eigenvalue weighted by Gasteiger charge is -2.36. The number of alkyl carbamates (subject to hydrolysis) is 1. The quantitative estimate of drug-likeness (QED) is 0.265. The van der Waals surface area contributed by atoms with Gasteiger partial charge in [0.25, 0.3) is 0 Å². The van der Waals surface area contributed by atoms with Gasteiger partial charge in [-0.15, -0.1) is 0 Å². The predicted molar refractivity (Wildman–Crippen MR) is 163 cm³/mol. The van der Waals surface area contributed by atoms with Crippen molar-refractivity contribution in [2.24, 2.45) is 0 Å². The zero-order chi connectivity index (χ0) is 30.8. The van der Waals surface area contributed by atoms with E-state index in [2.05, 4.69) is 17.6 Å². The Labute approximate surface area is 245 Å². The van der Waals surface area contributed by atoms with Crippen molar-refractivity contribution in [2.45, 2.75) is 111 Å². The summed E-state index contributed by atoms with van der Waals surface area (Å²) in [4.78, 5) is 42.9. The molecular formula is C33H49N3O5. The van der Waals surface area contributed by atoms with Crippen molar-refractivity contribution in [1.82, 2.24) is 15.5 Å². The molecule has 41 heavy (non-hydrogen) atoms. The number of hydrogen-bond acceptors (Lipinski definition) is 5. The van der Waals surface area contributed by atoms with E-state index in [1.165, 1.54) is 0 Å². The number of unbranched alkanes of at least 4 members (excludes halogenated alkanes) is 3. The molecule has 0 aliphatic carbocycles. The van der Waals surface area contributed by atoms with Gasteiger partial charge in [0, 0.05) is 18.5 Å². The molecule has 226 valence electrons. The maximum Gasteiger partial charge on any atom is 0.408 e. The molecule has 2 rings (SSSR count). The predicted octanol–water partition coefficient (Wildman–Crippen LogP) is 6.20. The topological polar surface area (TPSA) is 108 Å². The summed E-state index contributed by atoms with van der Waals surface area (Å²) in [5.74, 6) is -0.559. The Morgan fingerprint density at radius 2 is 1.61 bits per heavy atom. The molecule has 2 unspecified atom stereocenters. The number of carbonyl (C=O) groups excluding carboxylic acids is 3. The van der Waals surface area contributed by atoms with E-state index in [1.54, 1.807) is 49.9 Å². The Morgan fingerprint density at radius 3 is 2.17 bits per heavy atom. The Hall–Kier alpha value is -3.55. The van der Waals surface area contributed by atoms with Gasteiger partial charge in [-0.05, 0) is 78.1 Å². The first-order chi connectivity index (χ1) is 19.1. The van der Waals surface area contributed by atoms with Crippen molar-refractivity contribution < 1.29 is 24.2 Å². The van der Waals surface area contributed by atoms with Crippen LogP contribution >= 0.6 is 0 Å². The maximum absolute atomic E-state index is 14.5. The third-order valence-corrected chi connectivity index (χ3v) is 6.32. The van der Waals surface area contributed by atoms with Crippen molar-refractivity contribution in [3.05, 3.63) is 65.2 Å². The molecule has 0 saturated carbocycles. The number of aromatic hydroxyl groups is 1. The minimum absolute atomic E-state index is 0.104. The summed E-state index contributed by atoms with van der Waals surface area (Å²) in [5.41, 5.74) is 1.15. The van der Waals surface area contributed by atoms with E-state index in [0.717, 1.165) is 30.4 Å². The molecule has 0 aromatic heterocycles. The largest absolute Gasteiger partial charge is 0.508 e. The van der Waals surface area contributed by atoms with Crippen LogP contribution in [0.1, 0.15) is 96.9 Å². The highest BCUT2D eigenvalue weighted by atomic mass is 16.6. The average molecular weight is 568 g/mol. The van der Waals surface area contributed by atoms with Crippen LogP contribution < -0.4 is 10.6 Å². The van der Waals surface area contributed by atoms with Crippen LogP contribution in [0.3, 0.4) is 0 Å². The fourth-order valence-electron chi connectivity index (χ4n) is 4.54. The van der Waals surface area contributed by atoms with Crippen LogP contribution in [-0.2, 0) is 20.7 Å². The number of carbonyl (C=O) groups is 3. The minimum Gasteiger partial charge on any atom is -0.508 e. The highest BCUT2D eigenvalue weighted by molar-refractivity contribution is 5.92. The molecule has 0 bridgehead atoms. The molecule has 0 fully saturated rings. The summed E-state index contributed by atoms with van der Waals surface area (Å²) >= 11 is 0.